The molecule has 0 aromatic heterocycles. The van der Waals surface area contributed by atoms with Crippen LogP contribution in [0.1, 0.15) is 41.3 Å². The number of carbonyl (C=O) groups excluding carboxylic acids is 3. The molecule has 0 atom stereocenters. The fourth-order valence-corrected chi connectivity index (χ4v) is 5.04. The number of hydrogen-bond acceptors (Lipinski definition) is 6. The maximum absolute atomic E-state index is 13.5. The molecule has 4 aromatic rings. The molecule has 0 aliphatic heterocycles. The van der Waals surface area contributed by atoms with Crippen molar-refractivity contribution in [3.05, 3.63) is 119 Å². The van der Waals surface area contributed by atoms with Gasteiger partial charge in [-0.1, -0.05) is 62.4 Å². The van der Waals surface area contributed by atoms with Crippen LogP contribution >= 0.6 is 11.8 Å². The van der Waals surface area contributed by atoms with E-state index in [-0.39, 0.29) is 17.4 Å². The molecule has 3 amide bonds. The standard InChI is InChI=1S/C35H35N3O5S/c1-23(2)24-16-18-27(19-17-24)36-32(39)22-44-29-14-9-13-28(21-29)37-35(41)30(38-34(40)25-10-6-5-7-11-25)20-26-12-8-15-31(42-3)33(26)43-4/h5-21,23H,22H2,1-4H3,(H,36,39)(H,37,41)(H,38,40)/b30-20+. The van der Waals surface area contributed by atoms with Gasteiger partial charge in [-0.2, -0.15) is 0 Å². The summed E-state index contributed by atoms with van der Waals surface area (Å²) < 4.78 is 10.9. The minimum Gasteiger partial charge on any atom is -0.493 e. The Labute approximate surface area is 261 Å². The summed E-state index contributed by atoms with van der Waals surface area (Å²) in [4.78, 5) is 40.0. The highest BCUT2D eigenvalue weighted by atomic mass is 32.2. The van der Waals surface area contributed by atoms with Crippen LogP contribution in [-0.4, -0.2) is 37.7 Å². The lowest BCUT2D eigenvalue weighted by Gasteiger charge is -2.14. The fourth-order valence-electron chi connectivity index (χ4n) is 4.28. The lowest BCUT2D eigenvalue weighted by Crippen LogP contribution is -2.30. The number of amides is 3. The van der Waals surface area contributed by atoms with Gasteiger partial charge in [0.05, 0.1) is 20.0 Å². The van der Waals surface area contributed by atoms with Crippen molar-refractivity contribution in [2.75, 3.05) is 30.6 Å². The van der Waals surface area contributed by atoms with Gasteiger partial charge in [-0.3, -0.25) is 14.4 Å². The van der Waals surface area contributed by atoms with E-state index in [4.69, 9.17) is 9.47 Å². The first kappa shape index (κ1) is 31.9. The maximum atomic E-state index is 13.5. The largest absolute Gasteiger partial charge is 0.493 e. The van der Waals surface area contributed by atoms with E-state index in [1.807, 2.05) is 30.3 Å². The molecule has 0 unspecified atom stereocenters. The van der Waals surface area contributed by atoms with Crippen LogP contribution in [0.4, 0.5) is 11.4 Å². The zero-order valence-corrected chi connectivity index (χ0v) is 25.9. The Morgan fingerprint density at radius 2 is 1.52 bits per heavy atom. The van der Waals surface area contributed by atoms with Gasteiger partial charge in [-0.15, -0.1) is 11.8 Å². The second-order valence-corrected chi connectivity index (χ2v) is 11.1. The Hall–Kier alpha value is -5.02. The van der Waals surface area contributed by atoms with Crippen molar-refractivity contribution >= 4 is 46.9 Å². The zero-order valence-electron chi connectivity index (χ0n) is 25.0. The van der Waals surface area contributed by atoms with Gasteiger partial charge < -0.3 is 25.4 Å². The molecule has 0 saturated carbocycles. The third-order valence-corrected chi connectivity index (χ3v) is 7.58. The van der Waals surface area contributed by atoms with Crippen LogP contribution < -0.4 is 25.4 Å². The second kappa shape index (κ2) is 15.5. The number of benzene rings is 4. The first-order valence-electron chi connectivity index (χ1n) is 14.0. The molecule has 3 N–H and O–H groups in total. The molecule has 0 saturated heterocycles. The van der Waals surface area contributed by atoms with Crippen molar-refractivity contribution in [1.82, 2.24) is 5.32 Å². The summed E-state index contributed by atoms with van der Waals surface area (Å²) in [6.45, 7) is 4.24. The predicted molar refractivity (Wildman–Crippen MR) is 176 cm³/mol. The van der Waals surface area contributed by atoms with Gasteiger partial charge in [0.1, 0.15) is 5.70 Å². The van der Waals surface area contributed by atoms with Crippen LogP contribution in [0.15, 0.2) is 108 Å². The quantitative estimate of drug-likeness (QED) is 0.118. The molecule has 226 valence electrons. The number of nitrogens with one attached hydrogen (secondary N) is 3. The van der Waals surface area contributed by atoms with E-state index >= 15 is 0 Å². The third-order valence-electron chi connectivity index (χ3n) is 6.58. The molecular formula is C35H35N3O5S. The van der Waals surface area contributed by atoms with Crippen molar-refractivity contribution in [3.8, 4) is 11.5 Å². The number of hydrogen-bond donors (Lipinski definition) is 3. The first-order valence-corrected chi connectivity index (χ1v) is 15.0. The normalized spacial score (nSPS) is 11.1. The second-order valence-electron chi connectivity index (χ2n) is 10.1. The Morgan fingerprint density at radius 1 is 0.795 bits per heavy atom. The number of anilines is 2. The SMILES string of the molecule is COc1cccc(/C=C(/NC(=O)c2ccccc2)C(=O)Nc2cccc(SCC(=O)Nc3ccc(C(C)C)cc3)c2)c1OC. The smallest absolute Gasteiger partial charge is 0.272 e. The van der Waals surface area contributed by atoms with Crippen LogP contribution in [0.2, 0.25) is 0 Å². The van der Waals surface area contributed by atoms with Crippen molar-refractivity contribution in [3.63, 3.8) is 0 Å². The van der Waals surface area contributed by atoms with E-state index in [2.05, 4.69) is 29.8 Å². The molecule has 0 spiro atoms. The minimum atomic E-state index is -0.538. The highest BCUT2D eigenvalue weighted by Gasteiger charge is 2.18. The number of rotatable bonds is 12. The molecular weight excluding hydrogens is 574 g/mol. The number of ether oxygens (including phenoxy) is 2. The zero-order chi connectivity index (χ0) is 31.5. The van der Waals surface area contributed by atoms with Gasteiger partial charge in [0, 0.05) is 27.4 Å². The number of methoxy groups -OCH3 is 2. The molecule has 0 fully saturated rings. The highest BCUT2D eigenvalue weighted by molar-refractivity contribution is 8.00. The molecule has 0 bridgehead atoms. The van der Waals surface area contributed by atoms with Crippen molar-refractivity contribution < 1.29 is 23.9 Å². The molecule has 0 aliphatic rings. The third kappa shape index (κ3) is 8.75. The molecule has 44 heavy (non-hydrogen) atoms. The monoisotopic (exact) mass is 609 g/mol. The first-order chi connectivity index (χ1) is 21.3. The molecule has 0 heterocycles. The number of para-hydroxylation sites is 1. The molecule has 0 radical (unpaired) electrons. The van der Waals surface area contributed by atoms with Gasteiger partial charge in [-0.05, 0) is 66.1 Å². The van der Waals surface area contributed by atoms with E-state index in [0.717, 1.165) is 10.6 Å². The Balaban J connectivity index is 1.48. The molecule has 0 aliphatic carbocycles. The Kier molecular flexibility index (Phi) is 11.2. The molecule has 4 rings (SSSR count). The predicted octanol–water partition coefficient (Wildman–Crippen LogP) is 6.97. The van der Waals surface area contributed by atoms with Crippen LogP contribution in [0, 0.1) is 0 Å². The van der Waals surface area contributed by atoms with Crippen LogP contribution in [0.5, 0.6) is 11.5 Å². The average molecular weight is 610 g/mol. The van der Waals surface area contributed by atoms with Gasteiger partial charge >= 0.3 is 0 Å². The van der Waals surface area contributed by atoms with Gasteiger partial charge in [0.25, 0.3) is 11.8 Å². The molecule has 8 nitrogen and oxygen atoms in total. The summed E-state index contributed by atoms with van der Waals surface area (Å²) >= 11 is 1.35. The summed E-state index contributed by atoms with van der Waals surface area (Å²) in [6.07, 6.45) is 1.54. The topological polar surface area (TPSA) is 106 Å². The summed E-state index contributed by atoms with van der Waals surface area (Å²) in [7, 11) is 3.03. The van der Waals surface area contributed by atoms with E-state index in [0.29, 0.717) is 34.2 Å². The van der Waals surface area contributed by atoms with E-state index in [9.17, 15) is 14.4 Å². The van der Waals surface area contributed by atoms with Crippen molar-refractivity contribution in [2.24, 2.45) is 0 Å². The molecule has 9 heteroatoms. The summed E-state index contributed by atoms with van der Waals surface area (Å²) in [5.74, 6) is 0.393. The minimum absolute atomic E-state index is 0.00586. The van der Waals surface area contributed by atoms with E-state index in [1.54, 1.807) is 66.7 Å². The van der Waals surface area contributed by atoms with Crippen molar-refractivity contribution in [1.29, 1.82) is 0 Å². The van der Waals surface area contributed by atoms with Crippen LogP contribution in [-0.2, 0) is 9.59 Å². The summed E-state index contributed by atoms with van der Waals surface area (Å²) in [5.41, 5.74) is 3.39. The Morgan fingerprint density at radius 3 is 2.20 bits per heavy atom. The molecule has 4 aromatic carbocycles. The maximum Gasteiger partial charge on any atom is 0.272 e. The summed E-state index contributed by atoms with van der Waals surface area (Å²) in [6, 6.07) is 28.9. The Bertz CT molecular complexity index is 1640. The van der Waals surface area contributed by atoms with Gasteiger partial charge in [0.15, 0.2) is 11.5 Å². The lowest BCUT2D eigenvalue weighted by molar-refractivity contribution is -0.114. The average Bonchev–Trinajstić information content (AvgIpc) is 3.04. The van der Waals surface area contributed by atoms with Crippen LogP contribution in [0.3, 0.4) is 0 Å². The van der Waals surface area contributed by atoms with Gasteiger partial charge in [0.2, 0.25) is 5.91 Å². The van der Waals surface area contributed by atoms with E-state index in [1.165, 1.54) is 37.6 Å². The number of carbonyl (C=O) groups is 3. The van der Waals surface area contributed by atoms with E-state index < -0.39 is 11.8 Å². The van der Waals surface area contributed by atoms with Crippen LogP contribution in [0.25, 0.3) is 6.08 Å². The van der Waals surface area contributed by atoms with Crippen molar-refractivity contribution in [2.45, 2.75) is 24.7 Å². The highest BCUT2D eigenvalue weighted by Crippen LogP contribution is 2.32. The fraction of sp³-hybridized carbons (Fsp3) is 0.171. The summed E-state index contributed by atoms with van der Waals surface area (Å²) in [5, 5.41) is 8.51. The lowest BCUT2D eigenvalue weighted by atomic mass is 10.0. The van der Waals surface area contributed by atoms with Gasteiger partial charge in [-0.25, -0.2) is 0 Å². The number of thioether (sulfide) groups is 1.